The minimum Gasteiger partial charge on any atom is -0.373 e. The molecule has 0 bridgehead atoms. The van der Waals surface area contributed by atoms with Gasteiger partial charge in [0, 0.05) is 25.5 Å². The molecule has 6 heteroatoms. The number of rotatable bonds is 4. The summed E-state index contributed by atoms with van der Waals surface area (Å²) in [6, 6.07) is 6.61. The first-order valence-electron chi connectivity index (χ1n) is 7.28. The first kappa shape index (κ1) is 14.7. The second-order valence-corrected chi connectivity index (χ2v) is 5.36. The van der Waals surface area contributed by atoms with Crippen molar-refractivity contribution in [3.8, 4) is 0 Å². The summed E-state index contributed by atoms with van der Waals surface area (Å²) in [5.41, 5.74) is 0.795. The zero-order valence-corrected chi connectivity index (χ0v) is 12.4. The lowest BCUT2D eigenvalue weighted by Crippen LogP contribution is -2.45. The van der Waals surface area contributed by atoms with Crippen LogP contribution in [0.3, 0.4) is 0 Å². The Balaban J connectivity index is 1.80. The van der Waals surface area contributed by atoms with Crippen LogP contribution in [0, 0.1) is 5.82 Å². The topological polar surface area (TPSA) is 47.4 Å². The fourth-order valence-electron chi connectivity index (χ4n) is 2.79. The molecule has 0 spiro atoms. The maximum atomic E-state index is 14.0. The summed E-state index contributed by atoms with van der Waals surface area (Å²) < 4.78 is 21.5. The first-order valence-corrected chi connectivity index (χ1v) is 7.28. The number of nitrogens with zero attached hydrogens (tertiary/aromatic N) is 3. The first-order chi connectivity index (χ1) is 10.6. The van der Waals surface area contributed by atoms with E-state index in [1.165, 1.54) is 13.0 Å². The van der Waals surface area contributed by atoms with Crippen LogP contribution in [-0.4, -0.2) is 41.4 Å². The smallest absolute Gasteiger partial charge is 0.164 e. The molecule has 116 valence electrons. The molecule has 3 rings (SSSR count). The Hall–Kier alpha value is -2.21. The zero-order chi connectivity index (χ0) is 15.5. The monoisotopic (exact) mass is 303 g/mol. The standard InChI is InChI=1S/C16H18FN3O2/c1-12(21)16-14(17)4-2-5-15(16)19-8-9-22-13(10-19)11-20-7-3-6-18-20/h2-7,13H,8-11H2,1H3. The van der Waals surface area contributed by atoms with Crippen molar-refractivity contribution in [3.63, 3.8) is 0 Å². The highest BCUT2D eigenvalue weighted by Gasteiger charge is 2.25. The van der Waals surface area contributed by atoms with Gasteiger partial charge in [0.2, 0.25) is 0 Å². The number of ether oxygens (including phenoxy) is 1. The molecule has 1 atom stereocenters. The third kappa shape index (κ3) is 3.01. The van der Waals surface area contributed by atoms with Crippen LogP contribution < -0.4 is 4.90 Å². The van der Waals surface area contributed by atoms with E-state index in [4.69, 9.17) is 4.74 Å². The third-order valence-corrected chi connectivity index (χ3v) is 3.77. The summed E-state index contributed by atoms with van der Waals surface area (Å²) in [6.45, 7) is 3.81. The Morgan fingerprint density at radius 2 is 2.32 bits per heavy atom. The van der Waals surface area contributed by atoms with Crippen molar-refractivity contribution in [1.82, 2.24) is 9.78 Å². The van der Waals surface area contributed by atoms with Gasteiger partial charge < -0.3 is 9.64 Å². The molecular weight excluding hydrogens is 285 g/mol. The summed E-state index contributed by atoms with van der Waals surface area (Å²) in [4.78, 5) is 13.8. The molecule has 2 aromatic rings. The molecule has 0 saturated carbocycles. The van der Waals surface area contributed by atoms with Gasteiger partial charge in [-0.1, -0.05) is 6.07 Å². The number of halogens is 1. The number of Topliss-reactive ketones (excluding diaryl/α,β-unsaturated/α-hetero) is 1. The van der Waals surface area contributed by atoms with Gasteiger partial charge in [0.1, 0.15) is 5.82 Å². The number of benzene rings is 1. The Labute approximate surface area is 128 Å². The Bertz CT molecular complexity index is 657. The van der Waals surface area contributed by atoms with E-state index in [1.54, 1.807) is 18.3 Å². The van der Waals surface area contributed by atoms with Crippen molar-refractivity contribution >= 4 is 11.5 Å². The number of hydrogen-bond acceptors (Lipinski definition) is 4. The van der Waals surface area contributed by atoms with Crippen LogP contribution in [-0.2, 0) is 11.3 Å². The molecule has 1 unspecified atom stereocenters. The molecule has 22 heavy (non-hydrogen) atoms. The van der Waals surface area contributed by atoms with Gasteiger partial charge in [-0.25, -0.2) is 4.39 Å². The molecule has 1 saturated heterocycles. The van der Waals surface area contributed by atoms with Crippen molar-refractivity contribution < 1.29 is 13.9 Å². The predicted molar refractivity (Wildman–Crippen MR) is 80.6 cm³/mol. The Kier molecular flexibility index (Phi) is 4.20. The molecule has 2 heterocycles. The molecule has 0 radical (unpaired) electrons. The average Bonchev–Trinajstić information content (AvgIpc) is 3.00. The molecule has 5 nitrogen and oxygen atoms in total. The van der Waals surface area contributed by atoms with E-state index < -0.39 is 5.82 Å². The van der Waals surface area contributed by atoms with Gasteiger partial charge in [0.25, 0.3) is 0 Å². The number of aromatic nitrogens is 2. The van der Waals surface area contributed by atoms with Gasteiger partial charge in [-0.05, 0) is 25.1 Å². The number of carbonyl (C=O) groups excluding carboxylic acids is 1. The van der Waals surface area contributed by atoms with E-state index >= 15 is 0 Å². The number of carbonyl (C=O) groups is 1. The maximum Gasteiger partial charge on any atom is 0.164 e. The van der Waals surface area contributed by atoms with Crippen LogP contribution in [0.15, 0.2) is 36.7 Å². The number of morpholine rings is 1. The van der Waals surface area contributed by atoms with E-state index in [0.29, 0.717) is 31.9 Å². The largest absolute Gasteiger partial charge is 0.373 e. The van der Waals surface area contributed by atoms with Gasteiger partial charge >= 0.3 is 0 Å². The quantitative estimate of drug-likeness (QED) is 0.812. The highest BCUT2D eigenvalue weighted by molar-refractivity contribution is 6.00. The van der Waals surface area contributed by atoms with Crippen LogP contribution in [0.25, 0.3) is 0 Å². The summed E-state index contributed by atoms with van der Waals surface area (Å²) >= 11 is 0. The normalized spacial score (nSPS) is 18.5. The number of anilines is 1. The van der Waals surface area contributed by atoms with E-state index in [1.807, 2.05) is 21.8 Å². The van der Waals surface area contributed by atoms with Gasteiger partial charge in [0.05, 0.1) is 30.5 Å². The van der Waals surface area contributed by atoms with Crippen molar-refractivity contribution in [2.75, 3.05) is 24.6 Å². The number of ketones is 1. The molecular formula is C16H18FN3O2. The maximum absolute atomic E-state index is 14.0. The second-order valence-electron chi connectivity index (χ2n) is 5.36. The lowest BCUT2D eigenvalue weighted by molar-refractivity contribution is 0.0273. The predicted octanol–water partition coefficient (Wildman–Crippen LogP) is 2.13. The Morgan fingerprint density at radius 3 is 3.05 bits per heavy atom. The lowest BCUT2D eigenvalue weighted by atomic mass is 10.1. The van der Waals surface area contributed by atoms with E-state index in [9.17, 15) is 9.18 Å². The van der Waals surface area contributed by atoms with E-state index in [0.717, 1.165) is 0 Å². The fraction of sp³-hybridized carbons (Fsp3) is 0.375. The van der Waals surface area contributed by atoms with Crippen LogP contribution in [0.2, 0.25) is 0 Å². The average molecular weight is 303 g/mol. The SMILES string of the molecule is CC(=O)c1c(F)cccc1N1CCOC(Cn2cccn2)C1. The summed E-state index contributed by atoms with van der Waals surface area (Å²) in [6.07, 6.45) is 3.56. The van der Waals surface area contributed by atoms with Gasteiger partial charge in [-0.15, -0.1) is 0 Å². The highest BCUT2D eigenvalue weighted by atomic mass is 19.1. The minimum atomic E-state index is -0.472. The van der Waals surface area contributed by atoms with Crippen LogP contribution in [0.1, 0.15) is 17.3 Å². The summed E-state index contributed by atoms with van der Waals surface area (Å²) in [5.74, 6) is -0.733. The highest BCUT2D eigenvalue weighted by Crippen LogP contribution is 2.25. The summed E-state index contributed by atoms with van der Waals surface area (Å²) in [7, 11) is 0. The lowest BCUT2D eigenvalue weighted by Gasteiger charge is -2.35. The van der Waals surface area contributed by atoms with Crippen LogP contribution in [0.4, 0.5) is 10.1 Å². The zero-order valence-electron chi connectivity index (χ0n) is 12.4. The third-order valence-electron chi connectivity index (χ3n) is 3.77. The molecule has 0 aliphatic carbocycles. The molecule has 1 aliphatic heterocycles. The molecule has 0 N–H and O–H groups in total. The van der Waals surface area contributed by atoms with Crippen molar-refractivity contribution in [3.05, 3.63) is 48.0 Å². The van der Waals surface area contributed by atoms with Gasteiger partial charge in [0.15, 0.2) is 5.78 Å². The van der Waals surface area contributed by atoms with Crippen molar-refractivity contribution in [2.45, 2.75) is 19.6 Å². The molecule has 1 fully saturated rings. The van der Waals surface area contributed by atoms with E-state index in [2.05, 4.69) is 5.10 Å². The Morgan fingerprint density at radius 1 is 1.45 bits per heavy atom. The van der Waals surface area contributed by atoms with E-state index in [-0.39, 0.29) is 17.5 Å². The van der Waals surface area contributed by atoms with Crippen LogP contribution >= 0.6 is 0 Å². The second kappa shape index (κ2) is 6.27. The fourth-order valence-corrected chi connectivity index (χ4v) is 2.79. The van der Waals surface area contributed by atoms with Crippen molar-refractivity contribution in [1.29, 1.82) is 0 Å². The summed E-state index contributed by atoms with van der Waals surface area (Å²) in [5, 5.41) is 4.17. The van der Waals surface area contributed by atoms with Crippen LogP contribution in [0.5, 0.6) is 0 Å². The van der Waals surface area contributed by atoms with Gasteiger partial charge in [-0.3, -0.25) is 9.48 Å². The molecule has 1 aromatic carbocycles. The van der Waals surface area contributed by atoms with Crippen molar-refractivity contribution in [2.24, 2.45) is 0 Å². The van der Waals surface area contributed by atoms with Gasteiger partial charge in [-0.2, -0.15) is 5.10 Å². The molecule has 0 amide bonds. The molecule has 1 aliphatic rings. The number of hydrogen-bond donors (Lipinski definition) is 0. The molecule has 1 aromatic heterocycles. The minimum absolute atomic E-state index is 0.0447.